The molecule has 1 atom stereocenters. The predicted octanol–water partition coefficient (Wildman–Crippen LogP) is 3.97. The van der Waals surface area contributed by atoms with Crippen LogP contribution in [0.1, 0.15) is 38.3 Å². The van der Waals surface area contributed by atoms with Crippen LogP contribution in [0, 0.1) is 0 Å². The molecule has 0 spiro atoms. The minimum absolute atomic E-state index is 0.0737. The van der Waals surface area contributed by atoms with Gasteiger partial charge in [0.05, 0.1) is 6.04 Å². The van der Waals surface area contributed by atoms with Crippen molar-refractivity contribution in [2.45, 2.75) is 46.2 Å². The van der Waals surface area contributed by atoms with E-state index >= 15 is 0 Å². The Morgan fingerprint density at radius 2 is 1.38 bits per heavy atom. The van der Waals surface area contributed by atoms with E-state index in [2.05, 4.69) is 35.3 Å². The molecule has 3 nitrogen and oxygen atoms in total. The maximum Gasteiger partial charge on any atom is 0.146 e. The van der Waals surface area contributed by atoms with Gasteiger partial charge in [-0.2, -0.15) is 0 Å². The van der Waals surface area contributed by atoms with Gasteiger partial charge in [-0.15, -0.1) is 0 Å². The standard InChI is InChI=1S/C18H21NO.C2H6.CH5N/c1-15(20)18(13-12-16-8-4-2-5-9-16)19-14-17-10-6-3-7-11-17;2*1-2/h2-11,18-19H,12-14H2,1H3;1-2H3;2H2,1H3. The summed E-state index contributed by atoms with van der Waals surface area (Å²) in [5.41, 5.74) is 6.98. The Morgan fingerprint density at radius 1 is 0.917 bits per heavy atom. The van der Waals surface area contributed by atoms with Gasteiger partial charge in [-0.1, -0.05) is 74.5 Å². The summed E-state index contributed by atoms with van der Waals surface area (Å²) in [6.45, 7) is 6.40. The Hall–Kier alpha value is -1.97. The van der Waals surface area contributed by atoms with E-state index in [4.69, 9.17) is 0 Å². The van der Waals surface area contributed by atoms with Crippen molar-refractivity contribution in [3.8, 4) is 0 Å². The third kappa shape index (κ3) is 9.23. The zero-order valence-electron chi connectivity index (χ0n) is 15.5. The summed E-state index contributed by atoms with van der Waals surface area (Å²) >= 11 is 0. The normalized spacial score (nSPS) is 10.5. The fourth-order valence-electron chi connectivity index (χ4n) is 2.24. The van der Waals surface area contributed by atoms with Crippen molar-refractivity contribution in [2.24, 2.45) is 5.73 Å². The lowest BCUT2D eigenvalue weighted by atomic mass is 10.0. The average Bonchev–Trinajstić information content (AvgIpc) is 2.66. The van der Waals surface area contributed by atoms with Crippen molar-refractivity contribution < 1.29 is 4.79 Å². The van der Waals surface area contributed by atoms with Gasteiger partial charge in [-0.25, -0.2) is 0 Å². The summed E-state index contributed by atoms with van der Waals surface area (Å²) in [5.74, 6) is 0.205. The Bertz CT molecular complexity index is 483. The monoisotopic (exact) mass is 328 g/mol. The zero-order valence-corrected chi connectivity index (χ0v) is 15.5. The van der Waals surface area contributed by atoms with Gasteiger partial charge in [0.15, 0.2) is 0 Å². The highest BCUT2D eigenvalue weighted by atomic mass is 16.1. The summed E-state index contributed by atoms with van der Waals surface area (Å²) in [5, 5.41) is 3.36. The van der Waals surface area contributed by atoms with E-state index in [1.165, 1.54) is 18.2 Å². The van der Waals surface area contributed by atoms with Crippen LogP contribution in [0.25, 0.3) is 0 Å². The number of ketones is 1. The molecule has 0 aliphatic rings. The summed E-state index contributed by atoms with van der Waals surface area (Å²) in [4.78, 5) is 11.7. The molecule has 2 aromatic carbocycles. The Kier molecular flexibility index (Phi) is 13.4. The molecule has 0 radical (unpaired) electrons. The highest BCUT2D eigenvalue weighted by Gasteiger charge is 2.13. The van der Waals surface area contributed by atoms with E-state index in [0.717, 1.165) is 19.4 Å². The van der Waals surface area contributed by atoms with E-state index in [1.54, 1.807) is 6.92 Å². The molecule has 0 amide bonds. The van der Waals surface area contributed by atoms with Gasteiger partial charge in [0, 0.05) is 6.54 Å². The van der Waals surface area contributed by atoms with Crippen molar-refractivity contribution in [1.82, 2.24) is 5.32 Å². The van der Waals surface area contributed by atoms with Crippen molar-refractivity contribution in [2.75, 3.05) is 7.05 Å². The molecule has 0 aliphatic carbocycles. The van der Waals surface area contributed by atoms with Crippen LogP contribution in [0.4, 0.5) is 0 Å². The van der Waals surface area contributed by atoms with E-state index in [0.29, 0.717) is 0 Å². The van der Waals surface area contributed by atoms with Crippen LogP contribution in [-0.2, 0) is 17.8 Å². The molecule has 3 heteroatoms. The number of hydrogen-bond donors (Lipinski definition) is 2. The molecule has 0 aromatic heterocycles. The van der Waals surface area contributed by atoms with E-state index in [-0.39, 0.29) is 11.8 Å². The molecule has 0 saturated heterocycles. The van der Waals surface area contributed by atoms with Crippen LogP contribution in [-0.4, -0.2) is 18.9 Å². The molecule has 0 heterocycles. The van der Waals surface area contributed by atoms with Gasteiger partial charge >= 0.3 is 0 Å². The van der Waals surface area contributed by atoms with Crippen LogP contribution < -0.4 is 11.1 Å². The summed E-state index contributed by atoms with van der Waals surface area (Å²) < 4.78 is 0. The van der Waals surface area contributed by atoms with Gasteiger partial charge in [0.25, 0.3) is 0 Å². The highest BCUT2D eigenvalue weighted by Crippen LogP contribution is 2.07. The molecule has 0 bridgehead atoms. The average molecular weight is 329 g/mol. The summed E-state index contributed by atoms with van der Waals surface area (Å²) in [6.07, 6.45) is 1.76. The molecule has 0 aliphatic heterocycles. The second-order valence-corrected chi connectivity index (χ2v) is 5.05. The summed E-state index contributed by atoms with van der Waals surface area (Å²) in [7, 11) is 1.50. The number of carbonyl (C=O) groups is 1. The second-order valence-electron chi connectivity index (χ2n) is 5.05. The van der Waals surface area contributed by atoms with Crippen LogP contribution in [0.2, 0.25) is 0 Å². The van der Waals surface area contributed by atoms with Crippen molar-refractivity contribution in [3.05, 3.63) is 71.8 Å². The lowest BCUT2D eigenvalue weighted by molar-refractivity contribution is -0.119. The van der Waals surface area contributed by atoms with Crippen LogP contribution in [0.5, 0.6) is 0 Å². The molecule has 2 aromatic rings. The predicted molar refractivity (Wildman–Crippen MR) is 104 cm³/mol. The van der Waals surface area contributed by atoms with E-state index in [1.807, 2.05) is 50.2 Å². The summed E-state index contributed by atoms with van der Waals surface area (Å²) in [6, 6.07) is 20.4. The van der Waals surface area contributed by atoms with E-state index < -0.39 is 0 Å². The molecule has 132 valence electrons. The number of aryl methyl sites for hydroxylation is 1. The molecular formula is C21H32N2O. The van der Waals surface area contributed by atoms with Crippen molar-refractivity contribution in [3.63, 3.8) is 0 Å². The topological polar surface area (TPSA) is 55.1 Å². The number of benzene rings is 2. The van der Waals surface area contributed by atoms with Gasteiger partial charge in [-0.3, -0.25) is 4.79 Å². The number of hydrogen-bond acceptors (Lipinski definition) is 3. The first-order chi connectivity index (χ1) is 11.8. The Balaban J connectivity index is 0.00000123. The Labute approximate surface area is 147 Å². The molecule has 3 N–H and O–H groups in total. The second kappa shape index (κ2) is 14.6. The number of rotatable bonds is 7. The van der Waals surface area contributed by atoms with Gasteiger partial charge in [0.2, 0.25) is 0 Å². The van der Waals surface area contributed by atoms with Gasteiger partial charge in [-0.05, 0) is 37.9 Å². The maximum atomic E-state index is 11.7. The first-order valence-electron chi connectivity index (χ1n) is 8.65. The van der Waals surface area contributed by atoms with Gasteiger partial charge < -0.3 is 11.1 Å². The highest BCUT2D eigenvalue weighted by molar-refractivity contribution is 5.81. The molecule has 2 rings (SSSR count). The smallest absolute Gasteiger partial charge is 0.146 e. The van der Waals surface area contributed by atoms with Gasteiger partial charge in [0.1, 0.15) is 5.78 Å². The number of nitrogens with one attached hydrogen (secondary N) is 1. The molecule has 0 saturated carbocycles. The molecule has 1 unspecified atom stereocenters. The van der Waals surface area contributed by atoms with Crippen molar-refractivity contribution in [1.29, 1.82) is 0 Å². The molecule has 0 fully saturated rings. The lowest BCUT2D eigenvalue weighted by Gasteiger charge is -2.16. The zero-order chi connectivity index (χ0) is 18.2. The first-order valence-corrected chi connectivity index (χ1v) is 8.65. The minimum atomic E-state index is -0.0737. The quantitative estimate of drug-likeness (QED) is 0.808. The number of carbonyl (C=O) groups excluding carboxylic acids is 1. The largest absolute Gasteiger partial charge is 0.333 e. The van der Waals surface area contributed by atoms with Crippen LogP contribution >= 0.6 is 0 Å². The number of Topliss-reactive ketones (excluding diaryl/α,β-unsaturated/α-hetero) is 1. The Morgan fingerprint density at radius 3 is 1.83 bits per heavy atom. The first kappa shape index (κ1) is 22.0. The minimum Gasteiger partial charge on any atom is -0.333 e. The lowest BCUT2D eigenvalue weighted by Crippen LogP contribution is -2.35. The molecular weight excluding hydrogens is 296 g/mol. The third-order valence-electron chi connectivity index (χ3n) is 3.45. The molecule has 24 heavy (non-hydrogen) atoms. The maximum absolute atomic E-state index is 11.7. The fourth-order valence-corrected chi connectivity index (χ4v) is 2.24. The van der Waals surface area contributed by atoms with Crippen LogP contribution in [0.15, 0.2) is 60.7 Å². The van der Waals surface area contributed by atoms with Crippen molar-refractivity contribution >= 4 is 5.78 Å². The fraction of sp³-hybridized carbons (Fsp3) is 0.381. The third-order valence-corrected chi connectivity index (χ3v) is 3.45. The number of nitrogens with two attached hydrogens (primary N) is 1. The van der Waals surface area contributed by atoms with Crippen LogP contribution in [0.3, 0.4) is 0 Å². The SMILES string of the molecule is CC.CC(=O)C(CCc1ccccc1)NCc1ccccc1.CN. The van der Waals surface area contributed by atoms with E-state index in [9.17, 15) is 4.79 Å².